The summed E-state index contributed by atoms with van der Waals surface area (Å²) >= 11 is 0. The highest BCUT2D eigenvalue weighted by atomic mass is 16.5. The van der Waals surface area contributed by atoms with Gasteiger partial charge in [-0.1, -0.05) is 0 Å². The van der Waals surface area contributed by atoms with Gasteiger partial charge in [0.25, 0.3) is 5.91 Å². The molecule has 7 heteroatoms. The third-order valence-electron chi connectivity index (χ3n) is 5.07. The second kappa shape index (κ2) is 7.09. The number of rotatable bonds is 3. The van der Waals surface area contributed by atoms with Crippen LogP contribution in [-0.4, -0.2) is 63.6 Å². The van der Waals surface area contributed by atoms with Crippen LogP contribution in [0.2, 0.25) is 0 Å². The van der Waals surface area contributed by atoms with Gasteiger partial charge in [0, 0.05) is 49.3 Å². The highest BCUT2D eigenvalue weighted by Crippen LogP contribution is 2.23. The minimum absolute atomic E-state index is 0.112. The van der Waals surface area contributed by atoms with Crippen LogP contribution in [0.15, 0.2) is 30.7 Å². The number of aryl methyl sites for hydroxylation is 1. The molecular formula is C19H23N5O2. The molecular weight excluding hydrogens is 330 g/mol. The SMILES string of the molecule is Cc1nc(-c2cccnc2)ncc1C(=O)N[C@@H]1C[C@H]2CO[C@@H](C)CN2C1. The minimum atomic E-state index is -0.112. The summed E-state index contributed by atoms with van der Waals surface area (Å²) in [5.74, 6) is 0.468. The molecule has 2 saturated heterocycles. The van der Waals surface area contributed by atoms with Crippen LogP contribution in [0.3, 0.4) is 0 Å². The summed E-state index contributed by atoms with van der Waals surface area (Å²) in [7, 11) is 0. The van der Waals surface area contributed by atoms with Crippen molar-refractivity contribution in [3.63, 3.8) is 0 Å². The van der Waals surface area contributed by atoms with Gasteiger partial charge in [-0.25, -0.2) is 9.97 Å². The first kappa shape index (κ1) is 17.1. The van der Waals surface area contributed by atoms with Crippen LogP contribution in [0.5, 0.6) is 0 Å². The van der Waals surface area contributed by atoms with Crippen molar-refractivity contribution in [3.05, 3.63) is 42.0 Å². The van der Waals surface area contributed by atoms with Crippen molar-refractivity contribution in [1.82, 2.24) is 25.2 Å². The molecule has 1 amide bonds. The van der Waals surface area contributed by atoms with Crippen LogP contribution in [-0.2, 0) is 4.74 Å². The number of morpholine rings is 1. The number of carbonyl (C=O) groups is 1. The van der Waals surface area contributed by atoms with Crippen LogP contribution in [0, 0.1) is 6.92 Å². The Morgan fingerprint density at radius 3 is 3.00 bits per heavy atom. The first-order chi connectivity index (χ1) is 12.6. The fourth-order valence-corrected chi connectivity index (χ4v) is 3.73. The second-order valence-electron chi connectivity index (χ2n) is 7.09. The molecule has 136 valence electrons. The van der Waals surface area contributed by atoms with E-state index in [0.717, 1.165) is 31.7 Å². The summed E-state index contributed by atoms with van der Waals surface area (Å²) in [6, 6.07) is 4.29. The van der Waals surface area contributed by atoms with Gasteiger partial charge < -0.3 is 10.1 Å². The van der Waals surface area contributed by atoms with Crippen LogP contribution in [0.4, 0.5) is 0 Å². The van der Waals surface area contributed by atoms with Crippen LogP contribution < -0.4 is 5.32 Å². The normalized spacial score (nSPS) is 25.7. The molecule has 0 spiro atoms. The van der Waals surface area contributed by atoms with E-state index >= 15 is 0 Å². The van der Waals surface area contributed by atoms with Gasteiger partial charge in [0.15, 0.2) is 5.82 Å². The lowest BCUT2D eigenvalue weighted by Gasteiger charge is -2.33. The molecule has 4 heterocycles. The number of hydrogen-bond donors (Lipinski definition) is 1. The van der Waals surface area contributed by atoms with Gasteiger partial charge in [0.2, 0.25) is 0 Å². The zero-order chi connectivity index (χ0) is 18.1. The van der Waals surface area contributed by atoms with E-state index in [1.807, 2.05) is 19.1 Å². The fraction of sp³-hybridized carbons (Fsp3) is 0.474. The molecule has 2 fully saturated rings. The van der Waals surface area contributed by atoms with Gasteiger partial charge in [0.05, 0.1) is 24.0 Å². The zero-order valence-corrected chi connectivity index (χ0v) is 15.1. The Hall–Kier alpha value is -2.38. The van der Waals surface area contributed by atoms with Gasteiger partial charge in [-0.2, -0.15) is 0 Å². The number of carbonyl (C=O) groups excluding carboxylic acids is 1. The topological polar surface area (TPSA) is 80.2 Å². The van der Waals surface area contributed by atoms with E-state index in [-0.39, 0.29) is 18.1 Å². The van der Waals surface area contributed by atoms with Crippen molar-refractivity contribution >= 4 is 5.91 Å². The number of hydrogen-bond acceptors (Lipinski definition) is 6. The van der Waals surface area contributed by atoms with E-state index in [1.165, 1.54) is 0 Å². The Labute approximate surface area is 152 Å². The maximum atomic E-state index is 12.7. The highest BCUT2D eigenvalue weighted by molar-refractivity contribution is 5.95. The zero-order valence-electron chi connectivity index (χ0n) is 15.1. The van der Waals surface area contributed by atoms with E-state index < -0.39 is 0 Å². The molecule has 2 aliphatic rings. The molecule has 7 nitrogen and oxygen atoms in total. The van der Waals surface area contributed by atoms with Gasteiger partial charge in [0.1, 0.15) is 0 Å². The number of ether oxygens (including phenoxy) is 1. The highest BCUT2D eigenvalue weighted by Gasteiger charge is 2.37. The van der Waals surface area contributed by atoms with E-state index in [1.54, 1.807) is 18.6 Å². The number of fused-ring (bicyclic) bond motifs is 1. The maximum absolute atomic E-state index is 12.7. The molecule has 0 aromatic carbocycles. The minimum Gasteiger partial charge on any atom is -0.376 e. The first-order valence-corrected chi connectivity index (χ1v) is 9.00. The maximum Gasteiger partial charge on any atom is 0.254 e. The van der Waals surface area contributed by atoms with E-state index in [2.05, 4.69) is 32.1 Å². The first-order valence-electron chi connectivity index (χ1n) is 9.00. The summed E-state index contributed by atoms with van der Waals surface area (Å²) in [5, 5.41) is 3.14. The van der Waals surface area contributed by atoms with Crippen molar-refractivity contribution in [2.24, 2.45) is 0 Å². The molecule has 3 atom stereocenters. The molecule has 2 aromatic rings. The number of nitrogens with zero attached hydrogens (tertiary/aromatic N) is 4. The molecule has 0 saturated carbocycles. The number of amides is 1. The average molecular weight is 353 g/mol. The predicted octanol–water partition coefficient (Wildman–Crippen LogP) is 1.44. The smallest absolute Gasteiger partial charge is 0.254 e. The summed E-state index contributed by atoms with van der Waals surface area (Å²) in [4.78, 5) is 28.0. The number of aromatic nitrogens is 3. The van der Waals surface area contributed by atoms with Gasteiger partial charge in [-0.3, -0.25) is 14.7 Å². The van der Waals surface area contributed by atoms with E-state index in [0.29, 0.717) is 23.1 Å². The lowest BCUT2D eigenvalue weighted by molar-refractivity contribution is -0.0390. The fourth-order valence-electron chi connectivity index (χ4n) is 3.73. The third-order valence-corrected chi connectivity index (χ3v) is 5.07. The molecule has 1 N–H and O–H groups in total. The van der Waals surface area contributed by atoms with Crippen LogP contribution in [0.1, 0.15) is 29.4 Å². The van der Waals surface area contributed by atoms with Crippen molar-refractivity contribution in [1.29, 1.82) is 0 Å². The Balaban J connectivity index is 1.44. The second-order valence-corrected chi connectivity index (χ2v) is 7.09. The molecule has 0 aliphatic carbocycles. The van der Waals surface area contributed by atoms with Crippen LogP contribution >= 0.6 is 0 Å². The molecule has 2 aliphatic heterocycles. The van der Waals surface area contributed by atoms with Gasteiger partial charge in [-0.05, 0) is 32.4 Å². The van der Waals surface area contributed by atoms with Crippen molar-refractivity contribution in [3.8, 4) is 11.4 Å². The third kappa shape index (κ3) is 3.45. The molecule has 4 rings (SSSR count). The lowest BCUT2D eigenvalue weighted by atomic mass is 10.1. The average Bonchev–Trinajstić information content (AvgIpc) is 3.03. The largest absolute Gasteiger partial charge is 0.376 e. The molecule has 26 heavy (non-hydrogen) atoms. The molecule has 0 unspecified atom stereocenters. The summed E-state index contributed by atoms with van der Waals surface area (Å²) in [5.41, 5.74) is 2.03. The van der Waals surface area contributed by atoms with Crippen molar-refractivity contribution in [2.45, 2.75) is 38.5 Å². The molecule has 0 bridgehead atoms. The Morgan fingerprint density at radius 2 is 2.23 bits per heavy atom. The van der Waals surface area contributed by atoms with E-state index in [9.17, 15) is 4.79 Å². The van der Waals surface area contributed by atoms with Gasteiger partial charge in [-0.15, -0.1) is 0 Å². The Kier molecular flexibility index (Phi) is 4.65. The Morgan fingerprint density at radius 1 is 1.35 bits per heavy atom. The van der Waals surface area contributed by atoms with E-state index in [4.69, 9.17) is 4.74 Å². The number of pyridine rings is 1. The Bertz CT molecular complexity index is 798. The standard InChI is InChI=1S/C19H23N5O2/c1-12-9-24-10-15(6-16(24)11-26-12)23-19(25)17-8-21-18(22-13(17)2)14-4-3-5-20-7-14/h3-5,7-8,12,15-16H,6,9-11H2,1-2H3,(H,23,25)/t12-,15+,16-/m0/s1. The van der Waals surface area contributed by atoms with Crippen molar-refractivity contribution < 1.29 is 9.53 Å². The lowest BCUT2D eigenvalue weighted by Crippen LogP contribution is -2.45. The summed E-state index contributed by atoms with van der Waals surface area (Å²) in [6.45, 7) is 6.47. The molecule has 0 radical (unpaired) electrons. The summed E-state index contributed by atoms with van der Waals surface area (Å²) < 4.78 is 5.72. The summed E-state index contributed by atoms with van der Waals surface area (Å²) in [6.07, 6.45) is 6.21. The monoisotopic (exact) mass is 353 g/mol. The quantitative estimate of drug-likeness (QED) is 0.899. The van der Waals surface area contributed by atoms with Crippen LogP contribution in [0.25, 0.3) is 11.4 Å². The number of nitrogens with one attached hydrogen (secondary N) is 1. The predicted molar refractivity (Wildman–Crippen MR) is 96.6 cm³/mol. The molecule has 2 aromatic heterocycles. The van der Waals surface area contributed by atoms with Gasteiger partial charge >= 0.3 is 0 Å². The van der Waals surface area contributed by atoms with Crippen molar-refractivity contribution in [2.75, 3.05) is 19.7 Å².